The van der Waals surface area contributed by atoms with Gasteiger partial charge in [-0.2, -0.15) is 0 Å². The van der Waals surface area contributed by atoms with E-state index in [1.165, 1.54) is 4.88 Å². The highest BCUT2D eigenvalue weighted by Gasteiger charge is 2.10. The Hall–Kier alpha value is -0.0600. The maximum absolute atomic E-state index is 6.16. The minimum Gasteiger partial charge on any atom is -0.305 e. The second-order valence-electron chi connectivity index (χ2n) is 3.96. The van der Waals surface area contributed by atoms with E-state index in [4.69, 9.17) is 23.2 Å². The molecule has 0 bridgehead atoms. The highest BCUT2D eigenvalue weighted by Crippen LogP contribution is 2.32. The monoisotopic (exact) mass is 363 g/mol. The van der Waals surface area contributed by atoms with Crippen LogP contribution in [0.5, 0.6) is 0 Å². The summed E-state index contributed by atoms with van der Waals surface area (Å²) in [6.45, 7) is 2.88. The topological polar surface area (TPSA) is 12.0 Å². The molecule has 0 amide bonds. The van der Waals surface area contributed by atoms with Crippen LogP contribution in [0.1, 0.15) is 23.4 Å². The van der Waals surface area contributed by atoms with Crippen molar-refractivity contribution >= 4 is 50.5 Å². The molecule has 0 saturated heterocycles. The number of hydrogen-bond acceptors (Lipinski definition) is 2. The summed E-state index contributed by atoms with van der Waals surface area (Å²) in [7, 11) is 0. The third kappa shape index (κ3) is 3.49. The molecule has 1 aromatic carbocycles. The van der Waals surface area contributed by atoms with Crippen molar-refractivity contribution in [2.75, 3.05) is 0 Å². The molecule has 5 heteroatoms. The summed E-state index contributed by atoms with van der Waals surface area (Å²) >= 11 is 17.2. The van der Waals surface area contributed by atoms with Gasteiger partial charge in [0.1, 0.15) is 4.34 Å². The first-order valence-electron chi connectivity index (χ1n) is 5.49. The van der Waals surface area contributed by atoms with Crippen LogP contribution in [0.4, 0.5) is 0 Å². The highest BCUT2D eigenvalue weighted by molar-refractivity contribution is 9.10. The van der Waals surface area contributed by atoms with Crippen LogP contribution in [-0.2, 0) is 6.54 Å². The molecule has 2 rings (SSSR count). The second-order valence-corrected chi connectivity index (χ2v) is 6.96. The second kappa shape index (κ2) is 6.40. The van der Waals surface area contributed by atoms with Gasteiger partial charge < -0.3 is 5.32 Å². The lowest BCUT2D eigenvalue weighted by molar-refractivity contribution is 0.579. The Kier molecular flexibility index (Phi) is 5.10. The van der Waals surface area contributed by atoms with E-state index in [9.17, 15) is 0 Å². The van der Waals surface area contributed by atoms with Crippen molar-refractivity contribution in [2.24, 2.45) is 0 Å². The summed E-state index contributed by atoms with van der Waals surface area (Å²) < 4.78 is 1.74. The third-order valence-corrected chi connectivity index (χ3v) is 5.47. The molecule has 0 aliphatic rings. The smallest absolute Gasteiger partial charge is 0.107 e. The number of thiophene rings is 1. The minimum absolute atomic E-state index is 0.207. The zero-order valence-electron chi connectivity index (χ0n) is 9.71. The number of hydrogen-bond donors (Lipinski definition) is 1. The van der Waals surface area contributed by atoms with E-state index >= 15 is 0 Å². The molecule has 1 atom stereocenters. The predicted molar refractivity (Wildman–Crippen MR) is 83.7 cm³/mol. The molecule has 0 unspecified atom stereocenters. The van der Waals surface area contributed by atoms with Gasteiger partial charge in [0.15, 0.2) is 0 Å². The molecule has 1 nitrogen and oxygen atoms in total. The molecule has 18 heavy (non-hydrogen) atoms. The van der Waals surface area contributed by atoms with Crippen LogP contribution >= 0.6 is 50.5 Å². The molecule has 0 saturated carbocycles. The van der Waals surface area contributed by atoms with E-state index < -0.39 is 0 Å². The molecule has 1 N–H and O–H groups in total. The lowest BCUT2D eigenvalue weighted by Gasteiger charge is -2.14. The Balaban J connectivity index is 2.00. The van der Waals surface area contributed by atoms with Crippen LogP contribution in [0.2, 0.25) is 9.36 Å². The van der Waals surface area contributed by atoms with Crippen LogP contribution in [0.15, 0.2) is 34.8 Å². The van der Waals surface area contributed by atoms with Crippen molar-refractivity contribution in [3.63, 3.8) is 0 Å². The minimum atomic E-state index is 0.207. The summed E-state index contributed by atoms with van der Waals surface area (Å²) in [5.74, 6) is 0. The Bertz CT molecular complexity index is 522. The fourth-order valence-electron chi connectivity index (χ4n) is 1.67. The molecule has 1 aromatic heterocycles. The molecule has 1 heterocycles. The zero-order valence-corrected chi connectivity index (χ0v) is 13.6. The Morgan fingerprint density at radius 3 is 2.67 bits per heavy atom. The van der Waals surface area contributed by atoms with Crippen LogP contribution in [0.3, 0.4) is 0 Å². The molecular formula is C13H12BrCl2NS. The van der Waals surface area contributed by atoms with E-state index in [-0.39, 0.29) is 6.04 Å². The van der Waals surface area contributed by atoms with Crippen LogP contribution < -0.4 is 5.32 Å². The maximum atomic E-state index is 6.16. The van der Waals surface area contributed by atoms with Gasteiger partial charge in [-0.1, -0.05) is 41.4 Å². The van der Waals surface area contributed by atoms with Crippen molar-refractivity contribution < 1.29 is 0 Å². The van der Waals surface area contributed by atoms with Crippen molar-refractivity contribution in [3.05, 3.63) is 54.6 Å². The summed E-state index contributed by atoms with van der Waals surface area (Å²) in [6, 6.07) is 10.1. The lowest BCUT2D eigenvalue weighted by atomic mass is 10.1. The van der Waals surface area contributed by atoms with Crippen molar-refractivity contribution in [2.45, 2.75) is 19.5 Å². The van der Waals surface area contributed by atoms with Gasteiger partial charge >= 0.3 is 0 Å². The molecular weight excluding hydrogens is 353 g/mol. The molecule has 0 aliphatic heterocycles. The molecule has 2 aromatic rings. The largest absolute Gasteiger partial charge is 0.305 e. The molecule has 0 spiro atoms. The van der Waals surface area contributed by atoms with Crippen LogP contribution in [0.25, 0.3) is 0 Å². The standard InChI is InChI=1S/C13H12BrCl2NS/c1-8(10-4-2-3-5-12(10)15)17-7-9-6-11(14)13(16)18-9/h2-6,8,17H,7H2,1H3/t8-/m1/s1. The number of nitrogens with one attached hydrogen (secondary N) is 1. The Labute approximate surface area is 129 Å². The van der Waals surface area contributed by atoms with E-state index in [0.717, 1.165) is 25.9 Å². The highest BCUT2D eigenvalue weighted by atomic mass is 79.9. The van der Waals surface area contributed by atoms with E-state index in [1.54, 1.807) is 11.3 Å². The van der Waals surface area contributed by atoms with Gasteiger partial charge in [-0.05, 0) is 40.5 Å². The molecule has 0 aliphatic carbocycles. The average Bonchev–Trinajstić information content (AvgIpc) is 2.66. The SMILES string of the molecule is C[C@@H](NCc1cc(Br)c(Cl)s1)c1ccccc1Cl. The lowest BCUT2D eigenvalue weighted by Crippen LogP contribution is -2.17. The average molecular weight is 365 g/mol. The predicted octanol–water partition coefficient (Wildman–Crippen LogP) is 5.67. The third-order valence-electron chi connectivity index (χ3n) is 2.65. The van der Waals surface area contributed by atoms with Crippen LogP contribution in [-0.4, -0.2) is 0 Å². The fourth-order valence-corrected chi connectivity index (χ4v) is 3.71. The summed E-state index contributed by atoms with van der Waals surface area (Å²) in [6.07, 6.45) is 0. The number of halogens is 3. The number of rotatable bonds is 4. The zero-order chi connectivity index (χ0) is 13.1. The van der Waals surface area contributed by atoms with Gasteiger partial charge in [-0.3, -0.25) is 0 Å². The first-order valence-corrected chi connectivity index (χ1v) is 7.86. The first kappa shape index (κ1) is 14.4. The quantitative estimate of drug-likeness (QED) is 0.737. The summed E-state index contributed by atoms with van der Waals surface area (Å²) in [5, 5.41) is 4.24. The van der Waals surface area contributed by atoms with Gasteiger partial charge in [0.2, 0.25) is 0 Å². The molecule has 0 radical (unpaired) electrons. The van der Waals surface area contributed by atoms with Gasteiger partial charge in [0.25, 0.3) is 0 Å². The molecule has 96 valence electrons. The van der Waals surface area contributed by atoms with E-state index in [1.807, 2.05) is 30.3 Å². The van der Waals surface area contributed by atoms with Crippen LogP contribution in [0, 0.1) is 0 Å². The first-order chi connectivity index (χ1) is 8.58. The number of benzene rings is 1. The molecule has 0 fully saturated rings. The van der Waals surface area contributed by atoms with Crippen molar-refractivity contribution in [1.29, 1.82) is 0 Å². The summed E-state index contributed by atoms with van der Waals surface area (Å²) in [4.78, 5) is 1.20. The van der Waals surface area contributed by atoms with Gasteiger partial charge in [-0.15, -0.1) is 11.3 Å². The van der Waals surface area contributed by atoms with Gasteiger partial charge in [-0.25, -0.2) is 0 Å². The van der Waals surface area contributed by atoms with Gasteiger partial charge in [0.05, 0.1) is 0 Å². The normalized spacial score (nSPS) is 12.7. The summed E-state index contributed by atoms with van der Waals surface area (Å²) in [5.41, 5.74) is 1.11. The Morgan fingerprint density at radius 2 is 2.06 bits per heavy atom. The van der Waals surface area contributed by atoms with E-state index in [2.05, 4.69) is 28.2 Å². The Morgan fingerprint density at radius 1 is 1.33 bits per heavy atom. The fraction of sp³-hybridized carbons (Fsp3) is 0.231. The van der Waals surface area contributed by atoms with E-state index in [0.29, 0.717) is 0 Å². The van der Waals surface area contributed by atoms with Crippen molar-refractivity contribution in [3.8, 4) is 0 Å². The van der Waals surface area contributed by atoms with Gasteiger partial charge in [0, 0.05) is 27.0 Å². The maximum Gasteiger partial charge on any atom is 0.107 e. The van der Waals surface area contributed by atoms with Crippen molar-refractivity contribution in [1.82, 2.24) is 5.32 Å².